The predicted molar refractivity (Wildman–Crippen MR) is 117 cm³/mol. The minimum absolute atomic E-state index is 0.205. The first-order valence-electron chi connectivity index (χ1n) is 8.57. The van der Waals surface area contributed by atoms with E-state index < -0.39 is 17.8 Å². The van der Waals surface area contributed by atoms with Gasteiger partial charge in [0.1, 0.15) is 4.88 Å². The van der Waals surface area contributed by atoms with Crippen molar-refractivity contribution in [2.75, 3.05) is 26.1 Å². The van der Waals surface area contributed by atoms with E-state index in [1.807, 2.05) is 0 Å². The number of anilines is 1. The second-order valence-electron chi connectivity index (χ2n) is 5.97. The van der Waals surface area contributed by atoms with Gasteiger partial charge in [-0.3, -0.25) is 9.59 Å². The van der Waals surface area contributed by atoms with Crippen LogP contribution in [0.1, 0.15) is 20.0 Å². The van der Waals surface area contributed by atoms with Crippen LogP contribution in [0.25, 0.3) is 10.1 Å². The number of para-hydroxylation sites is 1. The zero-order valence-corrected chi connectivity index (χ0v) is 18.2. The Labute approximate surface area is 185 Å². The molecule has 0 aliphatic heterocycles. The standard InChI is InChI=1S/C20H16Cl2N2O5S/c1-28-16-12(21)8-7-11-15(22)18(30-17(11)16)19(26)23-9-14(25)24-13-6-4-3-5-10(13)20(27)29-2/h3-8H,9H2,1-2H3,(H,23,26)(H,24,25). The number of benzene rings is 2. The Morgan fingerprint density at radius 1 is 1.07 bits per heavy atom. The van der Waals surface area contributed by atoms with E-state index in [0.29, 0.717) is 20.9 Å². The Kier molecular flexibility index (Phi) is 6.81. The van der Waals surface area contributed by atoms with Crippen LogP contribution in [-0.2, 0) is 9.53 Å². The molecule has 10 heteroatoms. The molecule has 0 aliphatic rings. The number of hydrogen-bond acceptors (Lipinski definition) is 6. The summed E-state index contributed by atoms with van der Waals surface area (Å²) in [5.41, 5.74) is 0.485. The van der Waals surface area contributed by atoms with Crippen molar-refractivity contribution < 1.29 is 23.9 Å². The number of hydrogen-bond donors (Lipinski definition) is 2. The lowest BCUT2D eigenvalue weighted by Gasteiger charge is -2.10. The molecule has 2 amide bonds. The molecule has 2 aromatic carbocycles. The minimum Gasteiger partial charge on any atom is -0.494 e. The van der Waals surface area contributed by atoms with E-state index in [0.717, 1.165) is 11.3 Å². The number of methoxy groups -OCH3 is 2. The van der Waals surface area contributed by atoms with Crippen molar-refractivity contribution in [1.29, 1.82) is 0 Å². The van der Waals surface area contributed by atoms with Gasteiger partial charge in [-0.15, -0.1) is 11.3 Å². The summed E-state index contributed by atoms with van der Waals surface area (Å²) < 4.78 is 10.6. The summed E-state index contributed by atoms with van der Waals surface area (Å²) in [7, 11) is 2.72. The fourth-order valence-electron chi connectivity index (χ4n) is 2.73. The average Bonchev–Trinajstić information content (AvgIpc) is 3.08. The van der Waals surface area contributed by atoms with Gasteiger partial charge in [0.05, 0.1) is 46.8 Å². The number of fused-ring (bicyclic) bond motifs is 1. The third kappa shape index (κ3) is 4.35. The van der Waals surface area contributed by atoms with Crippen LogP contribution in [0.4, 0.5) is 5.69 Å². The Hall–Kier alpha value is -2.81. The van der Waals surface area contributed by atoms with Crippen LogP contribution in [-0.4, -0.2) is 38.5 Å². The summed E-state index contributed by atoms with van der Waals surface area (Å²) in [6.07, 6.45) is 0. The van der Waals surface area contributed by atoms with Crippen LogP contribution in [0, 0.1) is 0 Å². The van der Waals surface area contributed by atoms with Gasteiger partial charge in [-0.1, -0.05) is 41.4 Å². The molecule has 0 atom stereocenters. The van der Waals surface area contributed by atoms with E-state index in [9.17, 15) is 14.4 Å². The van der Waals surface area contributed by atoms with Crippen molar-refractivity contribution in [3.8, 4) is 5.75 Å². The molecule has 1 heterocycles. The molecule has 0 unspecified atom stereocenters. The molecule has 0 radical (unpaired) electrons. The van der Waals surface area contributed by atoms with Crippen LogP contribution < -0.4 is 15.4 Å². The monoisotopic (exact) mass is 466 g/mol. The van der Waals surface area contributed by atoms with Crippen LogP contribution in [0.15, 0.2) is 36.4 Å². The normalized spacial score (nSPS) is 10.5. The maximum atomic E-state index is 12.6. The first kappa shape index (κ1) is 21.9. The number of nitrogens with one attached hydrogen (secondary N) is 2. The van der Waals surface area contributed by atoms with Gasteiger partial charge in [0.2, 0.25) is 5.91 Å². The summed E-state index contributed by atoms with van der Waals surface area (Å²) in [6, 6.07) is 9.73. The average molecular weight is 467 g/mol. The fourth-order valence-corrected chi connectivity index (χ4v) is 4.57. The van der Waals surface area contributed by atoms with E-state index in [2.05, 4.69) is 10.6 Å². The lowest BCUT2D eigenvalue weighted by Crippen LogP contribution is -2.32. The summed E-state index contributed by atoms with van der Waals surface area (Å²) in [5, 5.41) is 6.38. The highest BCUT2D eigenvalue weighted by Crippen LogP contribution is 2.43. The first-order chi connectivity index (χ1) is 14.4. The highest BCUT2D eigenvalue weighted by atomic mass is 35.5. The second-order valence-corrected chi connectivity index (χ2v) is 7.78. The molecule has 7 nitrogen and oxygen atoms in total. The Balaban J connectivity index is 1.73. The van der Waals surface area contributed by atoms with Crippen molar-refractivity contribution in [1.82, 2.24) is 5.32 Å². The molecule has 0 bridgehead atoms. The maximum absolute atomic E-state index is 12.6. The van der Waals surface area contributed by atoms with E-state index in [4.69, 9.17) is 32.7 Å². The third-order valence-electron chi connectivity index (χ3n) is 4.13. The Morgan fingerprint density at radius 2 is 1.80 bits per heavy atom. The number of carbonyl (C=O) groups is 3. The lowest BCUT2D eigenvalue weighted by molar-refractivity contribution is -0.115. The van der Waals surface area contributed by atoms with E-state index >= 15 is 0 Å². The molecule has 3 aromatic rings. The molecule has 0 fully saturated rings. The van der Waals surface area contributed by atoms with Gasteiger partial charge in [-0.25, -0.2) is 4.79 Å². The number of esters is 1. The zero-order chi connectivity index (χ0) is 21.8. The molecule has 1 aromatic heterocycles. The highest BCUT2D eigenvalue weighted by Gasteiger charge is 2.21. The Morgan fingerprint density at radius 3 is 2.50 bits per heavy atom. The third-order valence-corrected chi connectivity index (χ3v) is 6.14. The SMILES string of the molecule is COC(=O)c1ccccc1NC(=O)CNC(=O)c1sc2c(OC)c(Cl)ccc2c1Cl. The van der Waals surface area contributed by atoms with Crippen molar-refractivity contribution >= 4 is 68.1 Å². The second kappa shape index (κ2) is 9.34. The first-order valence-corrected chi connectivity index (χ1v) is 10.1. The molecule has 0 saturated carbocycles. The summed E-state index contributed by atoms with van der Waals surface area (Å²) >= 11 is 13.6. The molecular formula is C20H16Cl2N2O5S. The van der Waals surface area contributed by atoms with Gasteiger partial charge in [-0.05, 0) is 18.2 Å². The zero-order valence-electron chi connectivity index (χ0n) is 15.9. The maximum Gasteiger partial charge on any atom is 0.339 e. The smallest absolute Gasteiger partial charge is 0.339 e. The largest absolute Gasteiger partial charge is 0.494 e. The molecule has 156 valence electrons. The van der Waals surface area contributed by atoms with E-state index in [-0.39, 0.29) is 27.7 Å². The van der Waals surface area contributed by atoms with Crippen molar-refractivity contribution in [3.05, 3.63) is 56.9 Å². The fraction of sp³-hybridized carbons (Fsp3) is 0.150. The van der Waals surface area contributed by atoms with Gasteiger partial charge in [-0.2, -0.15) is 0 Å². The highest BCUT2D eigenvalue weighted by molar-refractivity contribution is 7.22. The molecule has 0 aliphatic carbocycles. The predicted octanol–water partition coefficient (Wildman–Crippen LogP) is 4.37. The molecule has 30 heavy (non-hydrogen) atoms. The molecule has 2 N–H and O–H groups in total. The van der Waals surface area contributed by atoms with Gasteiger partial charge in [0.15, 0.2) is 5.75 Å². The van der Waals surface area contributed by atoms with Gasteiger partial charge < -0.3 is 20.1 Å². The number of rotatable bonds is 6. The topological polar surface area (TPSA) is 93.7 Å². The van der Waals surface area contributed by atoms with Crippen LogP contribution in [0.5, 0.6) is 5.75 Å². The summed E-state index contributed by atoms with van der Waals surface area (Å²) in [6.45, 7) is -0.323. The number of amides is 2. The molecule has 0 spiro atoms. The molecular weight excluding hydrogens is 451 g/mol. The van der Waals surface area contributed by atoms with Gasteiger partial charge in [0, 0.05) is 5.39 Å². The van der Waals surface area contributed by atoms with Crippen LogP contribution in [0.2, 0.25) is 10.0 Å². The van der Waals surface area contributed by atoms with Crippen molar-refractivity contribution in [2.45, 2.75) is 0 Å². The lowest BCUT2D eigenvalue weighted by atomic mass is 10.2. The van der Waals surface area contributed by atoms with Gasteiger partial charge in [0.25, 0.3) is 5.91 Å². The number of halogens is 2. The summed E-state index contributed by atoms with van der Waals surface area (Å²) in [4.78, 5) is 36.9. The molecule has 3 rings (SSSR count). The number of carbonyl (C=O) groups excluding carboxylic acids is 3. The Bertz CT molecular complexity index is 1150. The van der Waals surface area contributed by atoms with Crippen LogP contribution >= 0.6 is 34.5 Å². The van der Waals surface area contributed by atoms with E-state index in [1.165, 1.54) is 20.3 Å². The number of thiophene rings is 1. The summed E-state index contributed by atoms with van der Waals surface area (Å²) in [5.74, 6) is -1.19. The quantitative estimate of drug-likeness (QED) is 0.525. The van der Waals surface area contributed by atoms with Crippen LogP contribution in [0.3, 0.4) is 0 Å². The molecule has 0 saturated heterocycles. The van der Waals surface area contributed by atoms with Crippen molar-refractivity contribution in [3.63, 3.8) is 0 Å². The van der Waals surface area contributed by atoms with E-state index in [1.54, 1.807) is 30.3 Å². The number of ether oxygens (including phenoxy) is 2. The van der Waals surface area contributed by atoms with Gasteiger partial charge >= 0.3 is 5.97 Å². The minimum atomic E-state index is -0.584. The van der Waals surface area contributed by atoms with Crippen molar-refractivity contribution in [2.24, 2.45) is 0 Å².